The fraction of sp³-hybridized carbons (Fsp3) is 0.739. The highest BCUT2D eigenvalue weighted by molar-refractivity contribution is 5.73. The van der Waals surface area contributed by atoms with Crippen molar-refractivity contribution in [1.29, 1.82) is 0 Å². The standard InChI is InChI=1S/C23H36N2O2/c1-22(2)7-10-25-11-8-23(3,4)19-20(25)18(22)16-17(21(19)26)6-5-9-24-12-14-27-15-13-24/h16,26H,5-15H2,1-4H3. The molecule has 1 fully saturated rings. The van der Waals surface area contributed by atoms with E-state index in [-0.39, 0.29) is 10.8 Å². The largest absolute Gasteiger partial charge is 0.507 e. The van der Waals surface area contributed by atoms with Gasteiger partial charge in [0.15, 0.2) is 0 Å². The van der Waals surface area contributed by atoms with Crippen molar-refractivity contribution in [3.8, 4) is 5.75 Å². The van der Waals surface area contributed by atoms with Crippen molar-refractivity contribution in [2.24, 2.45) is 0 Å². The molecular formula is C23H36N2O2. The highest BCUT2D eigenvalue weighted by Gasteiger charge is 2.42. The number of phenolic OH excluding ortho intramolecular Hbond substituents is 1. The Labute approximate surface area is 164 Å². The van der Waals surface area contributed by atoms with Gasteiger partial charge in [0.25, 0.3) is 0 Å². The first-order valence-corrected chi connectivity index (χ1v) is 10.7. The summed E-state index contributed by atoms with van der Waals surface area (Å²) in [5.41, 5.74) is 5.38. The summed E-state index contributed by atoms with van der Waals surface area (Å²) < 4.78 is 5.45. The van der Waals surface area contributed by atoms with E-state index < -0.39 is 0 Å². The Morgan fingerprint density at radius 2 is 1.67 bits per heavy atom. The van der Waals surface area contributed by atoms with Gasteiger partial charge in [0.05, 0.1) is 13.2 Å². The fourth-order valence-electron chi connectivity index (χ4n) is 5.14. The number of morpholine rings is 1. The lowest BCUT2D eigenvalue weighted by Crippen LogP contribution is -2.44. The lowest BCUT2D eigenvalue weighted by molar-refractivity contribution is 0.0374. The van der Waals surface area contributed by atoms with Gasteiger partial charge in [-0.3, -0.25) is 4.90 Å². The minimum atomic E-state index is 0.0400. The van der Waals surface area contributed by atoms with Crippen molar-refractivity contribution in [3.63, 3.8) is 0 Å². The highest BCUT2D eigenvalue weighted by atomic mass is 16.5. The van der Waals surface area contributed by atoms with Gasteiger partial charge >= 0.3 is 0 Å². The minimum Gasteiger partial charge on any atom is -0.507 e. The van der Waals surface area contributed by atoms with E-state index in [1.54, 1.807) is 0 Å². The summed E-state index contributed by atoms with van der Waals surface area (Å²) in [6.07, 6.45) is 4.36. The van der Waals surface area contributed by atoms with Crippen LogP contribution in [0, 0.1) is 0 Å². The van der Waals surface area contributed by atoms with Gasteiger partial charge < -0.3 is 14.7 Å². The van der Waals surface area contributed by atoms with Crippen molar-refractivity contribution in [1.82, 2.24) is 4.90 Å². The van der Waals surface area contributed by atoms with Crippen LogP contribution in [0.25, 0.3) is 0 Å². The van der Waals surface area contributed by atoms with Crippen LogP contribution in [0.2, 0.25) is 0 Å². The molecule has 0 bridgehead atoms. The van der Waals surface area contributed by atoms with Gasteiger partial charge in [-0.15, -0.1) is 0 Å². The first-order valence-electron chi connectivity index (χ1n) is 10.7. The number of nitrogens with zero attached hydrogens (tertiary/aromatic N) is 2. The summed E-state index contributed by atoms with van der Waals surface area (Å²) in [5.74, 6) is 0.572. The summed E-state index contributed by atoms with van der Waals surface area (Å²) in [6, 6.07) is 2.33. The van der Waals surface area contributed by atoms with Crippen molar-refractivity contribution >= 4 is 5.69 Å². The topological polar surface area (TPSA) is 35.9 Å². The number of aryl methyl sites for hydroxylation is 1. The van der Waals surface area contributed by atoms with Crippen molar-refractivity contribution < 1.29 is 9.84 Å². The molecule has 0 saturated carbocycles. The molecule has 1 saturated heterocycles. The zero-order valence-corrected chi connectivity index (χ0v) is 17.6. The Morgan fingerprint density at radius 1 is 1.00 bits per heavy atom. The van der Waals surface area contributed by atoms with Crippen molar-refractivity contribution in [2.45, 2.75) is 64.2 Å². The number of phenols is 1. The van der Waals surface area contributed by atoms with E-state index in [0.29, 0.717) is 5.75 Å². The summed E-state index contributed by atoms with van der Waals surface area (Å²) in [5, 5.41) is 11.3. The van der Waals surface area contributed by atoms with E-state index in [9.17, 15) is 5.11 Å². The molecule has 0 unspecified atom stereocenters. The Hall–Kier alpha value is -1.26. The number of hydrogen-bond acceptors (Lipinski definition) is 4. The lowest BCUT2D eigenvalue weighted by Gasteiger charge is -2.48. The van der Waals surface area contributed by atoms with Gasteiger partial charge in [0.2, 0.25) is 0 Å². The molecule has 4 nitrogen and oxygen atoms in total. The number of benzene rings is 1. The number of hydrogen-bond donors (Lipinski definition) is 1. The van der Waals surface area contributed by atoms with Crippen LogP contribution in [0.3, 0.4) is 0 Å². The van der Waals surface area contributed by atoms with E-state index in [4.69, 9.17) is 4.74 Å². The van der Waals surface area contributed by atoms with Crippen LogP contribution in [0.15, 0.2) is 6.07 Å². The summed E-state index contributed by atoms with van der Waals surface area (Å²) in [4.78, 5) is 5.01. The van der Waals surface area contributed by atoms with Crippen LogP contribution in [-0.4, -0.2) is 55.9 Å². The zero-order chi connectivity index (χ0) is 19.2. The smallest absolute Gasteiger partial charge is 0.124 e. The van der Waals surface area contributed by atoms with Crippen LogP contribution >= 0.6 is 0 Å². The molecule has 1 aromatic rings. The van der Waals surface area contributed by atoms with Gasteiger partial charge in [-0.2, -0.15) is 0 Å². The van der Waals surface area contributed by atoms with Crippen LogP contribution < -0.4 is 4.90 Å². The normalized spacial score (nSPS) is 23.9. The second-order valence-electron chi connectivity index (χ2n) is 9.97. The fourth-order valence-corrected chi connectivity index (χ4v) is 5.14. The lowest BCUT2D eigenvalue weighted by atomic mass is 9.68. The first kappa shape index (κ1) is 19.1. The van der Waals surface area contributed by atoms with E-state index in [1.165, 1.54) is 23.2 Å². The average Bonchev–Trinajstić information content (AvgIpc) is 2.62. The molecular weight excluding hydrogens is 336 g/mol. The zero-order valence-electron chi connectivity index (χ0n) is 17.6. The molecule has 3 aliphatic rings. The minimum absolute atomic E-state index is 0.0400. The molecule has 0 amide bonds. The molecule has 1 N–H and O–H groups in total. The SMILES string of the molecule is CC1(C)CCN2CCC(C)(C)c3c(O)c(CCCN4CCOCC4)cc1c32. The molecule has 4 rings (SSSR count). The monoisotopic (exact) mass is 372 g/mol. The van der Waals surface area contributed by atoms with Gasteiger partial charge in [0, 0.05) is 37.4 Å². The van der Waals surface area contributed by atoms with Crippen LogP contribution in [0.1, 0.15) is 63.6 Å². The summed E-state index contributed by atoms with van der Waals surface area (Å²) in [6.45, 7) is 16.4. The molecule has 0 aromatic heterocycles. The maximum absolute atomic E-state index is 11.3. The number of aromatic hydroxyl groups is 1. The third kappa shape index (κ3) is 3.47. The Balaban J connectivity index is 1.65. The average molecular weight is 373 g/mol. The first-order chi connectivity index (χ1) is 12.8. The second kappa shape index (κ2) is 6.97. The maximum Gasteiger partial charge on any atom is 0.124 e. The van der Waals surface area contributed by atoms with E-state index >= 15 is 0 Å². The van der Waals surface area contributed by atoms with Gasteiger partial charge in [-0.25, -0.2) is 0 Å². The molecule has 150 valence electrons. The molecule has 27 heavy (non-hydrogen) atoms. The summed E-state index contributed by atoms with van der Waals surface area (Å²) >= 11 is 0. The van der Waals surface area contributed by atoms with Gasteiger partial charge in [0.1, 0.15) is 5.75 Å². The molecule has 3 heterocycles. The number of ether oxygens (including phenoxy) is 1. The Bertz CT molecular complexity index is 703. The van der Waals surface area contributed by atoms with Gasteiger partial charge in [-0.05, 0) is 60.3 Å². The van der Waals surface area contributed by atoms with Crippen LogP contribution in [-0.2, 0) is 22.0 Å². The molecule has 0 radical (unpaired) electrons. The Kier molecular flexibility index (Phi) is 4.92. The molecule has 3 aliphatic heterocycles. The third-order valence-electron chi connectivity index (χ3n) is 7.11. The van der Waals surface area contributed by atoms with E-state index in [0.717, 1.165) is 70.8 Å². The molecule has 1 aromatic carbocycles. The predicted octanol–water partition coefficient (Wildman–Crippen LogP) is 3.83. The van der Waals surface area contributed by atoms with E-state index in [2.05, 4.69) is 43.6 Å². The van der Waals surface area contributed by atoms with Crippen molar-refractivity contribution in [2.75, 3.05) is 50.8 Å². The third-order valence-corrected chi connectivity index (χ3v) is 7.11. The molecule has 4 heteroatoms. The molecule has 0 atom stereocenters. The predicted molar refractivity (Wildman–Crippen MR) is 111 cm³/mol. The van der Waals surface area contributed by atoms with Crippen molar-refractivity contribution in [3.05, 3.63) is 22.8 Å². The molecule has 0 aliphatic carbocycles. The second-order valence-corrected chi connectivity index (χ2v) is 9.97. The highest BCUT2D eigenvalue weighted by Crippen LogP contribution is 2.53. The molecule has 0 spiro atoms. The summed E-state index contributed by atoms with van der Waals surface area (Å²) in [7, 11) is 0. The Morgan fingerprint density at radius 3 is 2.37 bits per heavy atom. The number of rotatable bonds is 4. The maximum atomic E-state index is 11.3. The van der Waals surface area contributed by atoms with Gasteiger partial charge in [-0.1, -0.05) is 27.7 Å². The van der Waals surface area contributed by atoms with E-state index in [1.807, 2.05) is 0 Å². The number of anilines is 1. The quantitative estimate of drug-likeness (QED) is 0.871. The van der Waals surface area contributed by atoms with Crippen LogP contribution in [0.5, 0.6) is 5.75 Å². The van der Waals surface area contributed by atoms with Crippen LogP contribution in [0.4, 0.5) is 5.69 Å².